The van der Waals surface area contributed by atoms with Crippen LogP contribution in [0.25, 0.3) is 0 Å². The number of anilines is 3. The van der Waals surface area contributed by atoms with Gasteiger partial charge in [-0.2, -0.15) is 10.2 Å². The van der Waals surface area contributed by atoms with E-state index in [1.54, 1.807) is 6.20 Å². The van der Waals surface area contributed by atoms with Crippen molar-refractivity contribution in [2.45, 2.75) is 77.2 Å². The molecule has 34 heavy (non-hydrogen) atoms. The molecule has 0 saturated heterocycles. The van der Waals surface area contributed by atoms with Gasteiger partial charge in [-0.15, -0.1) is 0 Å². The Morgan fingerprint density at radius 3 is 2.59 bits per heavy atom. The van der Waals surface area contributed by atoms with E-state index in [4.69, 9.17) is 27.6 Å². The number of rotatable bonds is 7. The van der Waals surface area contributed by atoms with Crippen molar-refractivity contribution in [3.8, 4) is 6.07 Å². The molecule has 2 N–H and O–H groups in total. The van der Waals surface area contributed by atoms with Crippen LogP contribution in [0.1, 0.15) is 52.0 Å². The number of benzene rings is 1. The maximum absolute atomic E-state index is 9.48. The minimum Gasteiger partial charge on any atom is -0.413 e. The Morgan fingerprint density at radius 2 is 1.91 bits per heavy atom. The van der Waals surface area contributed by atoms with Gasteiger partial charge in [0.25, 0.3) is 0 Å². The summed E-state index contributed by atoms with van der Waals surface area (Å²) >= 11 is 16.5. The summed E-state index contributed by atoms with van der Waals surface area (Å²) < 4.78 is 7.22. The second-order valence-electron chi connectivity index (χ2n) is 10.3. The molecule has 1 aromatic carbocycles. The summed E-state index contributed by atoms with van der Waals surface area (Å²) in [6.45, 7) is 11.6. The molecule has 6 nitrogen and oxygen atoms in total. The van der Waals surface area contributed by atoms with Crippen LogP contribution >= 0.6 is 39.1 Å². The third-order valence-corrected chi connectivity index (χ3v) is 13.0. The molecule has 2 atom stereocenters. The van der Waals surface area contributed by atoms with Crippen molar-refractivity contribution in [3.63, 3.8) is 0 Å². The van der Waals surface area contributed by atoms with Gasteiger partial charge in [-0.1, -0.05) is 56.8 Å². The summed E-state index contributed by atoms with van der Waals surface area (Å²) in [5.41, 5.74) is 1.70. The molecule has 1 aromatic heterocycles. The third kappa shape index (κ3) is 6.64. The highest BCUT2D eigenvalue weighted by atomic mass is 79.9. The highest BCUT2D eigenvalue weighted by Gasteiger charge is 2.37. The lowest BCUT2D eigenvalue weighted by atomic mass is 9.85. The van der Waals surface area contributed by atoms with Crippen molar-refractivity contribution in [2.75, 3.05) is 10.6 Å². The van der Waals surface area contributed by atoms with Gasteiger partial charge in [0.2, 0.25) is 5.95 Å². The van der Waals surface area contributed by atoms with Gasteiger partial charge in [0, 0.05) is 16.2 Å². The largest absolute Gasteiger partial charge is 0.413 e. The zero-order valence-electron chi connectivity index (χ0n) is 20.3. The number of aromatic nitrogens is 2. The van der Waals surface area contributed by atoms with E-state index in [1.165, 1.54) is 0 Å². The molecule has 3 rings (SSSR count). The van der Waals surface area contributed by atoms with Gasteiger partial charge in [0.1, 0.15) is 5.02 Å². The van der Waals surface area contributed by atoms with Crippen molar-refractivity contribution in [1.82, 2.24) is 9.97 Å². The number of nitrogens with one attached hydrogen (secondary N) is 2. The fourth-order valence-corrected chi connectivity index (χ4v) is 5.27. The first kappa shape index (κ1) is 27.2. The summed E-state index contributed by atoms with van der Waals surface area (Å²) in [7, 11) is -1.92. The Balaban J connectivity index is 1.79. The summed E-state index contributed by atoms with van der Waals surface area (Å²) in [6.07, 6.45) is 5.53. The fraction of sp³-hybridized carbons (Fsp3) is 0.542. The highest BCUT2D eigenvalue weighted by molar-refractivity contribution is 9.10. The van der Waals surface area contributed by atoms with E-state index in [0.29, 0.717) is 28.4 Å². The third-order valence-electron chi connectivity index (χ3n) is 6.75. The van der Waals surface area contributed by atoms with Crippen LogP contribution in [0, 0.1) is 17.2 Å². The molecule has 184 valence electrons. The molecule has 0 spiro atoms. The predicted octanol–water partition coefficient (Wildman–Crippen LogP) is 8.31. The van der Waals surface area contributed by atoms with Crippen LogP contribution < -0.4 is 10.6 Å². The second-order valence-corrected chi connectivity index (χ2v) is 16.7. The first-order valence-electron chi connectivity index (χ1n) is 11.5. The Labute approximate surface area is 222 Å². The summed E-state index contributed by atoms with van der Waals surface area (Å²) in [6, 6.07) is 6.24. The van der Waals surface area contributed by atoms with Gasteiger partial charge >= 0.3 is 0 Å². The van der Waals surface area contributed by atoms with Crippen LogP contribution in [0.3, 0.4) is 0 Å². The molecule has 1 saturated carbocycles. The smallest absolute Gasteiger partial charge is 0.229 e. The molecule has 0 amide bonds. The fourth-order valence-electron chi connectivity index (χ4n) is 3.59. The average molecular weight is 585 g/mol. The quantitative estimate of drug-likeness (QED) is 0.318. The molecule has 1 aliphatic rings. The Bertz CT molecular complexity index is 1070. The normalized spacial score (nSPS) is 18.9. The molecule has 1 fully saturated rings. The van der Waals surface area contributed by atoms with Crippen LogP contribution in [0.2, 0.25) is 28.2 Å². The summed E-state index contributed by atoms with van der Waals surface area (Å²) in [5.74, 6) is 0.867. The van der Waals surface area contributed by atoms with Gasteiger partial charge in [-0.3, -0.25) is 0 Å². The summed E-state index contributed by atoms with van der Waals surface area (Å²) in [4.78, 5) is 8.90. The monoisotopic (exact) mass is 583 g/mol. The molecular formula is C24H32BrCl2N5OSi. The molecule has 0 bridgehead atoms. The average Bonchev–Trinajstić information content (AvgIpc) is 2.77. The molecule has 2 aromatic rings. The first-order chi connectivity index (χ1) is 15.9. The van der Waals surface area contributed by atoms with Gasteiger partial charge in [-0.05, 0) is 64.6 Å². The minimum absolute atomic E-state index is 0.0280. The second kappa shape index (κ2) is 11.1. The van der Waals surface area contributed by atoms with Crippen LogP contribution in [0.5, 0.6) is 0 Å². The van der Waals surface area contributed by atoms with Gasteiger partial charge < -0.3 is 15.1 Å². The van der Waals surface area contributed by atoms with Crippen molar-refractivity contribution in [1.29, 1.82) is 5.26 Å². The van der Waals surface area contributed by atoms with E-state index in [2.05, 4.69) is 76.5 Å². The van der Waals surface area contributed by atoms with E-state index >= 15 is 0 Å². The summed E-state index contributed by atoms with van der Waals surface area (Å²) in [5, 5.41) is 17.2. The number of nitrogens with zero attached hydrogens (tertiary/aromatic N) is 3. The maximum atomic E-state index is 9.48. The number of halogens is 3. The van der Waals surface area contributed by atoms with Crippen LogP contribution in [-0.2, 0) is 11.0 Å². The first-order valence-corrected chi connectivity index (χ1v) is 15.9. The van der Waals surface area contributed by atoms with Crippen molar-refractivity contribution in [2.24, 2.45) is 5.92 Å². The van der Waals surface area contributed by atoms with Gasteiger partial charge in [-0.25, -0.2) is 4.98 Å². The molecule has 1 heterocycles. The predicted molar refractivity (Wildman–Crippen MR) is 146 cm³/mol. The minimum atomic E-state index is -1.92. The van der Waals surface area contributed by atoms with Crippen molar-refractivity contribution >= 4 is 64.9 Å². The lowest BCUT2D eigenvalue weighted by Gasteiger charge is -2.36. The zero-order chi connectivity index (χ0) is 25.1. The van der Waals surface area contributed by atoms with E-state index < -0.39 is 8.32 Å². The molecule has 10 heteroatoms. The highest BCUT2D eigenvalue weighted by Crippen LogP contribution is 2.39. The Morgan fingerprint density at radius 1 is 1.21 bits per heavy atom. The molecule has 0 radical (unpaired) electrons. The molecule has 0 aliphatic heterocycles. The Hall–Kier alpha value is -1.37. The van der Waals surface area contributed by atoms with E-state index in [0.717, 1.165) is 41.4 Å². The Kier molecular flexibility index (Phi) is 8.91. The van der Waals surface area contributed by atoms with Crippen molar-refractivity contribution in [3.05, 3.63) is 38.4 Å². The lowest BCUT2D eigenvalue weighted by Crippen LogP contribution is -2.40. The topological polar surface area (TPSA) is 82.9 Å². The molecule has 1 unspecified atom stereocenters. The lowest BCUT2D eigenvalue weighted by molar-refractivity contribution is 0.276. The van der Waals surface area contributed by atoms with Crippen LogP contribution in [0.15, 0.2) is 22.8 Å². The van der Waals surface area contributed by atoms with E-state index in [9.17, 15) is 5.26 Å². The number of nitriles is 1. The molecular weight excluding hydrogens is 553 g/mol. The molecule has 1 aliphatic carbocycles. The van der Waals surface area contributed by atoms with Gasteiger partial charge in [0.05, 0.1) is 29.8 Å². The van der Waals surface area contributed by atoms with Gasteiger partial charge in [0.15, 0.2) is 14.1 Å². The zero-order valence-corrected chi connectivity index (χ0v) is 24.4. The van der Waals surface area contributed by atoms with E-state index in [1.807, 2.05) is 12.1 Å². The van der Waals surface area contributed by atoms with Crippen molar-refractivity contribution < 1.29 is 4.43 Å². The number of hydrogen-bond acceptors (Lipinski definition) is 6. The van der Waals surface area contributed by atoms with Crippen LogP contribution in [-0.4, -0.2) is 24.3 Å². The van der Waals surface area contributed by atoms with Crippen LogP contribution in [0.4, 0.5) is 17.5 Å². The number of hydrogen-bond donors (Lipinski definition) is 2. The van der Waals surface area contributed by atoms with E-state index in [-0.39, 0.29) is 17.0 Å². The SMILES string of the molecule is CC(C)(C)[Si](C)(C)OCc1cc(Nc2ncc(Cl)c(NC3CCCC[C@@H]3C#N)n2)cc(Cl)c1Br. The standard InChI is InChI=1S/C24H32BrCl2N5OSi/c1-24(2,3)34(4,5)33-14-16-10-17(11-18(26)21(16)25)30-23-29-13-19(27)22(32-23)31-20-9-7-6-8-15(20)12-28/h10-11,13,15,20H,6-9,14H2,1-5H3,(H2,29,30,31,32)/t15-,20?/m1/s1. The maximum Gasteiger partial charge on any atom is 0.229 e.